The van der Waals surface area contributed by atoms with Crippen LogP contribution in [-0.2, 0) is 4.79 Å². The number of likely N-dealkylation sites (tertiary alicyclic amines) is 1. The summed E-state index contributed by atoms with van der Waals surface area (Å²) in [5.41, 5.74) is 0.919. The smallest absolute Gasteiger partial charge is 0.249 e. The minimum Gasteiger partial charge on any atom is -0.337 e. The van der Waals surface area contributed by atoms with Gasteiger partial charge in [-0.15, -0.1) is 0 Å². The number of rotatable bonds is 2. The number of hydrogen-bond acceptors (Lipinski definition) is 4. The normalized spacial score (nSPS) is 19.2. The predicted molar refractivity (Wildman–Crippen MR) is 77.2 cm³/mol. The van der Waals surface area contributed by atoms with Crippen LogP contribution in [0.3, 0.4) is 0 Å². The standard InChI is InChI=1S/C13H12IN3O2/c1-17-10(6-7-11(17)18)13-15-12(16-19-13)8-2-4-9(14)5-3-8/h2-5,10H,6-7H2,1H3. The van der Waals surface area contributed by atoms with Crippen molar-refractivity contribution in [3.8, 4) is 11.4 Å². The first-order valence-electron chi connectivity index (χ1n) is 6.00. The van der Waals surface area contributed by atoms with E-state index in [1.54, 1.807) is 11.9 Å². The second kappa shape index (κ2) is 4.92. The highest BCUT2D eigenvalue weighted by atomic mass is 127. The minimum atomic E-state index is -0.0856. The van der Waals surface area contributed by atoms with Gasteiger partial charge >= 0.3 is 0 Å². The second-order valence-corrected chi connectivity index (χ2v) is 5.77. The number of amides is 1. The molecule has 0 aliphatic carbocycles. The fraction of sp³-hybridized carbons (Fsp3) is 0.308. The van der Waals surface area contributed by atoms with Crippen molar-refractivity contribution in [1.82, 2.24) is 15.0 Å². The third kappa shape index (κ3) is 2.36. The molecule has 0 radical (unpaired) electrons. The Labute approximate surface area is 124 Å². The summed E-state index contributed by atoms with van der Waals surface area (Å²) in [7, 11) is 1.77. The van der Waals surface area contributed by atoms with Crippen LogP contribution in [0.25, 0.3) is 11.4 Å². The van der Waals surface area contributed by atoms with Crippen LogP contribution in [0.2, 0.25) is 0 Å². The topological polar surface area (TPSA) is 59.2 Å². The largest absolute Gasteiger partial charge is 0.337 e. The third-order valence-corrected chi connectivity index (χ3v) is 4.04. The number of aromatic nitrogens is 2. The second-order valence-electron chi connectivity index (χ2n) is 4.52. The maximum absolute atomic E-state index is 11.5. The Hall–Kier alpha value is -1.44. The van der Waals surface area contributed by atoms with Crippen LogP contribution in [-0.4, -0.2) is 28.0 Å². The summed E-state index contributed by atoms with van der Waals surface area (Å²) in [6.07, 6.45) is 1.28. The van der Waals surface area contributed by atoms with Crippen LogP contribution in [0, 0.1) is 3.57 Å². The van der Waals surface area contributed by atoms with E-state index in [0.717, 1.165) is 15.6 Å². The van der Waals surface area contributed by atoms with Gasteiger partial charge in [-0.05, 0) is 41.1 Å². The highest BCUT2D eigenvalue weighted by Gasteiger charge is 2.33. The van der Waals surface area contributed by atoms with Crippen molar-refractivity contribution in [1.29, 1.82) is 0 Å². The van der Waals surface area contributed by atoms with Gasteiger partial charge in [0.2, 0.25) is 17.6 Å². The van der Waals surface area contributed by atoms with Crippen LogP contribution in [0.1, 0.15) is 24.8 Å². The van der Waals surface area contributed by atoms with Gasteiger partial charge in [0, 0.05) is 22.6 Å². The monoisotopic (exact) mass is 369 g/mol. The maximum Gasteiger partial charge on any atom is 0.249 e. The van der Waals surface area contributed by atoms with Crippen LogP contribution in [0.5, 0.6) is 0 Å². The summed E-state index contributed by atoms with van der Waals surface area (Å²) in [5.74, 6) is 1.21. The van der Waals surface area contributed by atoms with E-state index in [1.807, 2.05) is 24.3 Å². The quantitative estimate of drug-likeness (QED) is 0.764. The van der Waals surface area contributed by atoms with E-state index in [1.165, 1.54) is 0 Å². The molecular formula is C13H12IN3O2. The van der Waals surface area contributed by atoms with Crippen LogP contribution < -0.4 is 0 Å². The van der Waals surface area contributed by atoms with Gasteiger partial charge in [-0.3, -0.25) is 4.79 Å². The lowest BCUT2D eigenvalue weighted by atomic mass is 10.2. The van der Waals surface area contributed by atoms with Crippen LogP contribution >= 0.6 is 22.6 Å². The molecule has 1 unspecified atom stereocenters. The van der Waals surface area contributed by atoms with Crippen molar-refractivity contribution < 1.29 is 9.32 Å². The number of halogens is 1. The molecule has 0 N–H and O–H groups in total. The molecule has 1 aromatic heterocycles. The zero-order valence-corrected chi connectivity index (χ0v) is 12.5. The summed E-state index contributed by atoms with van der Waals surface area (Å²) in [6, 6.07) is 7.83. The molecule has 2 aromatic rings. The molecule has 19 heavy (non-hydrogen) atoms. The molecule has 2 heterocycles. The van der Waals surface area contributed by atoms with E-state index in [0.29, 0.717) is 18.1 Å². The highest BCUT2D eigenvalue weighted by Crippen LogP contribution is 2.31. The Kier molecular flexibility index (Phi) is 3.26. The van der Waals surface area contributed by atoms with E-state index in [9.17, 15) is 4.79 Å². The van der Waals surface area contributed by atoms with Crippen molar-refractivity contribution in [3.63, 3.8) is 0 Å². The summed E-state index contributed by atoms with van der Waals surface area (Å²) in [5, 5.41) is 3.99. The Morgan fingerprint density at radius 2 is 2.11 bits per heavy atom. The van der Waals surface area contributed by atoms with E-state index in [2.05, 4.69) is 32.7 Å². The SMILES string of the molecule is CN1C(=O)CCC1c1nc(-c2ccc(I)cc2)no1. The molecule has 0 spiro atoms. The number of benzene rings is 1. The summed E-state index contributed by atoms with van der Waals surface area (Å²) in [4.78, 5) is 17.6. The molecule has 1 aliphatic heterocycles. The van der Waals surface area contributed by atoms with Gasteiger partial charge in [0.25, 0.3) is 0 Å². The van der Waals surface area contributed by atoms with Gasteiger partial charge in [0.15, 0.2) is 0 Å². The molecule has 6 heteroatoms. The Morgan fingerprint density at radius 1 is 1.37 bits per heavy atom. The maximum atomic E-state index is 11.5. The number of carbonyl (C=O) groups excluding carboxylic acids is 1. The third-order valence-electron chi connectivity index (χ3n) is 3.32. The Bertz CT molecular complexity index is 609. The molecule has 1 saturated heterocycles. The zero-order valence-electron chi connectivity index (χ0n) is 10.3. The lowest BCUT2D eigenvalue weighted by molar-refractivity contribution is -0.127. The van der Waals surface area contributed by atoms with Crippen molar-refractivity contribution in [2.24, 2.45) is 0 Å². The fourth-order valence-corrected chi connectivity index (χ4v) is 2.54. The van der Waals surface area contributed by atoms with E-state index < -0.39 is 0 Å². The number of nitrogens with zero attached hydrogens (tertiary/aromatic N) is 3. The molecule has 1 fully saturated rings. The first-order valence-corrected chi connectivity index (χ1v) is 7.08. The molecule has 1 aliphatic rings. The van der Waals surface area contributed by atoms with Gasteiger partial charge in [0.05, 0.1) is 0 Å². The van der Waals surface area contributed by atoms with Gasteiger partial charge in [-0.1, -0.05) is 17.3 Å². The zero-order chi connectivity index (χ0) is 13.4. The summed E-state index contributed by atoms with van der Waals surface area (Å²) >= 11 is 2.25. The van der Waals surface area contributed by atoms with Gasteiger partial charge in [0.1, 0.15) is 6.04 Å². The van der Waals surface area contributed by atoms with E-state index in [4.69, 9.17) is 4.52 Å². The van der Waals surface area contributed by atoms with E-state index in [-0.39, 0.29) is 11.9 Å². The fourth-order valence-electron chi connectivity index (χ4n) is 2.18. The van der Waals surface area contributed by atoms with Crippen LogP contribution in [0.15, 0.2) is 28.8 Å². The summed E-state index contributed by atoms with van der Waals surface area (Å²) < 4.78 is 6.45. The Morgan fingerprint density at radius 3 is 2.74 bits per heavy atom. The Balaban J connectivity index is 1.87. The van der Waals surface area contributed by atoms with Crippen molar-refractivity contribution >= 4 is 28.5 Å². The van der Waals surface area contributed by atoms with Crippen molar-refractivity contribution in [2.45, 2.75) is 18.9 Å². The van der Waals surface area contributed by atoms with Gasteiger partial charge in [-0.25, -0.2) is 0 Å². The number of hydrogen-bond donors (Lipinski definition) is 0. The molecular weight excluding hydrogens is 357 g/mol. The molecule has 0 saturated carbocycles. The van der Waals surface area contributed by atoms with Crippen LogP contribution in [0.4, 0.5) is 0 Å². The predicted octanol–water partition coefficient (Wildman–Crippen LogP) is 2.63. The van der Waals surface area contributed by atoms with Crippen molar-refractivity contribution in [3.05, 3.63) is 33.7 Å². The first kappa shape index (κ1) is 12.6. The molecule has 1 amide bonds. The highest BCUT2D eigenvalue weighted by molar-refractivity contribution is 14.1. The average molecular weight is 369 g/mol. The molecule has 1 aromatic carbocycles. The molecule has 1 atom stereocenters. The van der Waals surface area contributed by atoms with Gasteiger partial charge < -0.3 is 9.42 Å². The van der Waals surface area contributed by atoms with Gasteiger partial charge in [-0.2, -0.15) is 4.98 Å². The lowest BCUT2D eigenvalue weighted by Crippen LogP contribution is -2.22. The summed E-state index contributed by atoms with van der Waals surface area (Å²) in [6.45, 7) is 0. The molecule has 5 nitrogen and oxygen atoms in total. The molecule has 0 bridgehead atoms. The average Bonchev–Trinajstić information content (AvgIpc) is 2.99. The number of carbonyl (C=O) groups is 1. The van der Waals surface area contributed by atoms with Crippen molar-refractivity contribution in [2.75, 3.05) is 7.05 Å². The minimum absolute atomic E-state index is 0.0856. The lowest BCUT2D eigenvalue weighted by Gasteiger charge is -2.14. The van der Waals surface area contributed by atoms with E-state index >= 15 is 0 Å². The molecule has 3 rings (SSSR count). The molecule has 98 valence electrons. The first-order chi connectivity index (χ1) is 9.15.